The van der Waals surface area contributed by atoms with E-state index in [2.05, 4.69) is 25.6 Å². The second-order valence-corrected chi connectivity index (χ2v) is 5.56. The Morgan fingerprint density at radius 2 is 2.00 bits per heavy atom. The molecular formula is C16H19N5O2. The quantitative estimate of drug-likeness (QED) is 0.684. The zero-order valence-electron chi connectivity index (χ0n) is 12.7. The maximum Gasteiger partial charge on any atom is 0.322 e. The molecule has 2 heterocycles. The third-order valence-electron chi connectivity index (χ3n) is 3.61. The highest BCUT2D eigenvalue weighted by Crippen LogP contribution is 2.39. The Labute approximate surface area is 134 Å². The number of aromatic nitrogens is 3. The number of carboxylic acids is 1. The van der Waals surface area contributed by atoms with Crippen molar-refractivity contribution in [3.05, 3.63) is 41.9 Å². The van der Waals surface area contributed by atoms with Crippen LogP contribution < -0.4 is 10.6 Å². The maximum absolute atomic E-state index is 10.7. The van der Waals surface area contributed by atoms with Crippen molar-refractivity contribution in [2.75, 3.05) is 23.7 Å². The fraction of sp³-hybridized carbons (Fsp3) is 0.375. The number of aliphatic carboxylic acids is 1. The van der Waals surface area contributed by atoms with Gasteiger partial charge in [0, 0.05) is 30.9 Å². The van der Waals surface area contributed by atoms with E-state index in [-0.39, 0.29) is 6.54 Å². The van der Waals surface area contributed by atoms with Gasteiger partial charge in [-0.25, -0.2) is 4.98 Å². The Kier molecular flexibility index (Phi) is 4.65. The molecule has 7 heteroatoms. The predicted octanol–water partition coefficient (Wildman–Crippen LogP) is 1.90. The summed E-state index contributed by atoms with van der Waals surface area (Å²) in [6.45, 7) is 0.550. The third kappa shape index (κ3) is 4.64. The smallest absolute Gasteiger partial charge is 0.322 e. The van der Waals surface area contributed by atoms with E-state index < -0.39 is 5.97 Å². The molecule has 2 aromatic heterocycles. The molecule has 1 fully saturated rings. The first-order valence-corrected chi connectivity index (χ1v) is 7.68. The molecule has 0 aromatic carbocycles. The van der Waals surface area contributed by atoms with Crippen LogP contribution in [0.5, 0.6) is 0 Å². The van der Waals surface area contributed by atoms with Gasteiger partial charge in [-0.15, -0.1) is 0 Å². The number of rotatable bonds is 8. The molecule has 1 saturated carbocycles. The van der Waals surface area contributed by atoms with Crippen LogP contribution >= 0.6 is 0 Å². The van der Waals surface area contributed by atoms with Gasteiger partial charge in [-0.3, -0.25) is 9.78 Å². The second-order valence-electron chi connectivity index (χ2n) is 5.56. The largest absolute Gasteiger partial charge is 0.480 e. The molecule has 0 saturated heterocycles. The van der Waals surface area contributed by atoms with Crippen molar-refractivity contribution in [3.63, 3.8) is 0 Å². The molecule has 0 unspecified atom stereocenters. The molecule has 0 radical (unpaired) electrons. The highest BCUT2D eigenvalue weighted by atomic mass is 16.4. The molecule has 0 aliphatic heterocycles. The molecule has 2 aromatic rings. The maximum atomic E-state index is 10.7. The predicted molar refractivity (Wildman–Crippen MR) is 86.6 cm³/mol. The molecule has 0 bridgehead atoms. The molecule has 7 nitrogen and oxygen atoms in total. The van der Waals surface area contributed by atoms with Crippen molar-refractivity contribution in [1.82, 2.24) is 15.0 Å². The first kappa shape index (κ1) is 15.2. The minimum absolute atomic E-state index is 0.190. The van der Waals surface area contributed by atoms with Gasteiger partial charge in [0.15, 0.2) is 0 Å². The number of nitrogens with zero attached hydrogens (tertiary/aromatic N) is 3. The Morgan fingerprint density at radius 3 is 2.70 bits per heavy atom. The van der Waals surface area contributed by atoms with E-state index in [0.717, 1.165) is 37.3 Å². The fourth-order valence-electron chi connectivity index (χ4n) is 2.26. The lowest BCUT2D eigenvalue weighted by atomic mass is 10.2. The zero-order valence-corrected chi connectivity index (χ0v) is 12.7. The third-order valence-corrected chi connectivity index (χ3v) is 3.61. The summed E-state index contributed by atoms with van der Waals surface area (Å²) in [5.41, 5.74) is 2.17. The van der Waals surface area contributed by atoms with Crippen molar-refractivity contribution in [2.45, 2.75) is 25.2 Å². The highest BCUT2D eigenvalue weighted by molar-refractivity contribution is 5.72. The van der Waals surface area contributed by atoms with Gasteiger partial charge in [-0.1, -0.05) is 0 Å². The van der Waals surface area contributed by atoms with Crippen LogP contribution in [0.15, 0.2) is 30.6 Å². The van der Waals surface area contributed by atoms with Crippen LogP contribution in [0.1, 0.15) is 30.0 Å². The van der Waals surface area contributed by atoms with Gasteiger partial charge >= 0.3 is 5.97 Å². The molecule has 3 N–H and O–H groups in total. The summed E-state index contributed by atoms with van der Waals surface area (Å²) in [5, 5.41) is 14.8. The number of pyridine rings is 1. The molecule has 23 heavy (non-hydrogen) atoms. The summed E-state index contributed by atoms with van der Waals surface area (Å²) >= 11 is 0. The van der Waals surface area contributed by atoms with Crippen molar-refractivity contribution in [2.24, 2.45) is 0 Å². The molecule has 1 aliphatic carbocycles. The van der Waals surface area contributed by atoms with Crippen molar-refractivity contribution < 1.29 is 9.90 Å². The van der Waals surface area contributed by atoms with Crippen molar-refractivity contribution in [3.8, 4) is 0 Å². The van der Waals surface area contributed by atoms with Gasteiger partial charge in [0.2, 0.25) is 5.95 Å². The number of carboxylic acid groups (broad SMARTS) is 1. The molecule has 3 rings (SSSR count). The molecular weight excluding hydrogens is 294 g/mol. The van der Waals surface area contributed by atoms with Gasteiger partial charge in [0.05, 0.1) is 5.69 Å². The minimum atomic E-state index is -0.933. The number of carbonyl (C=O) groups is 1. The van der Waals surface area contributed by atoms with E-state index in [1.165, 1.54) is 5.56 Å². The van der Waals surface area contributed by atoms with Crippen LogP contribution in [0.4, 0.5) is 11.8 Å². The SMILES string of the molecule is O=C(O)CNc1nc(NCCc2ccncc2)cc(C2CC2)n1. The zero-order chi connectivity index (χ0) is 16.1. The van der Waals surface area contributed by atoms with Gasteiger partial charge in [-0.05, 0) is 37.0 Å². The van der Waals surface area contributed by atoms with Crippen LogP contribution in [0, 0.1) is 0 Å². The average molecular weight is 313 g/mol. The molecule has 0 spiro atoms. The lowest BCUT2D eigenvalue weighted by Gasteiger charge is -2.10. The Balaban J connectivity index is 1.63. The van der Waals surface area contributed by atoms with E-state index >= 15 is 0 Å². The van der Waals surface area contributed by atoms with Gasteiger partial charge in [-0.2, -0.15) is 4.98 Å². The van der Waals surface area contributed by atoms with Gasteiger partial charge in [0.1, 0.15) is 12.4 Å². The van der Waals surface area contributed by atoms with Gasteiger partial charge in [0.25, 0.3) is 0 Å². The van der Waals surface area contributed by atoms with Crippen molar-refractivity contribution >= 4 is 17.7 Å². The monoisotopic (exact) mass is 313 g/mol. The van der Waals surface area contributed by atoms with Crippen LogP contribution in [0.25, 0.3) is 0 Å². The number of hydrogen-bond acceptors (Lipinski definition) is 6. The van der Waals surface area contributed by atoms with Crippen molar-refractivity contribution in [1.29, 1.82) is 0 Å². The molecule has 1 aliphatic rings. The van der Waals surface area contributed by atoms with Crippen LogP contribution in [0.2, 0.25) is 0 Å². The highest BCUT2D eigenvalue weighted by Gasteiger charge is 2.26. The summed E-state index contributed by atoms with van der Waals surface area (Å²) in [4.78, 5) is 23.4. The minimum Gasteiger partial charge on any atom is -0.480 e. The lowest BCUT2D eigenvalue weighted by Crippen LogP contribution is -2.16. The summed E-state index contributed by atoms with van der Waals surface area (Å²) < 4.78 is 0. The number of hydrogen-bond donors (Lipinski definition) is 3. The fourth-order valence-corrected chi connectivity index (χ4v) is 2.26. The Morgan fingerprint density at radius 1 is 1.22 bits per heavy atom. The first-order chi connectivity index (χ1) is 11.2. The van der Waals surface area contributed by atoms with Gasteiger partial charge < -0.3 is 15.7 Å². The molecule has 0 amide bonds. The second kappa shape index (κ2) is 7.04. The number of nitrogens with one attached hydrogen (secondary N) is 2. The average Bonchev–Trinajstić information content (AvgIpc) is 3.39. The molecule has 0 atom stereocenters. The summed E-state index contributed by atoms with van der Waals surface area (Å²) in [6.07, 6.45) is 6.68. The van der Waals surface area contributed by atoms with Crippen LogP contribution in [-0.2, 0) is 11.2 Å². The van der Waals surface area contributed by atoms with E-state index in [9.17, 15) is 4.79 Å². The van der Waals surface area contributed by atoms with E-state index in [1.807, 2.05) is 18.2 Å². The Bertz CT molecular complexity index is 673. The van der Waals surface area contributed by atoms with Crippen LogP contribution in [-0.4, -0.2) is 39.1 Å². The normalized spacial score (nSPS) is 13.6. The Hall–Kier alpha value is -2.70. The molecule has 120 valence electrons. The summed E-state index contributed by atoms with van der Waals surface area (Å²) in [6, 6.07) is 5.92. The summed E-state index contributed by atoms with van der Waals surface area (Å²) in [7, 11) is 0. The first-order valence-electron chi connectivity index (χ1n) is 7.68. The number of anilines is 2. The van der Waals surface area contributed by atoms with E-state index in [1.54, 1.807) is 12.4 Å². The standard InChI is InChI=1S/C16H19N5O2/c22-15(23)10-19-16-20-13(12-1-2-12)9-14(21-16)18-8-5-11-3-6-17-7-4-11/h3-4,6-7,9,12H,1-2,5,8,10H2,(H,22,23)(H2,18,19,20,21). The summed E-state index contributed by atoms with van der Waals surface area (Å²) in [5.74, 6) is 0.633. The van der Waals surface area contributed by atoms with E-state index in [0.29, 0.717) is 11.9 Å². The van der Waals surface area contributed by atoms with Crippen LogP contribution in [0.3, 0.4) is 0 Å². The topological polar surface area (TPSA) is 100 Å². The van der Waals surface area contributed by atoms with E-state index in [4.69, 9.17) is 5.11 Å². The lowest BCUT2D eigenvalue weighted by molar-refractivity contribution is -0.134.